The fourth-order valence-electron chi connectivity index (χ4n) is 3.31. The van der Waals surface area contributed by atoms with Crippen LogP contribution in [0.25, 0.3) is 0 Å². The average molecular weight is 463 g/mol. The van der Waals surface area contributed by atoms with E-state index in [4.69, 9.17) is 0 Å². The van der Waals surface area contributed by atoms with E-state index in [2.05, 4.69) is 66.8 Å². The van der Waals surface area contributed by atoms with Crippen molar-refractivity contribution in [3.05, 3.63) is 45.2 Å². The van der Waals surface area contributed by atoms with E-state index in [0.717, 1.165) is 12.3 Å². The zero-order chi connectivity index (χ0) is 16.2. The molecule has 4 heteroatoms. The van der Waals surface area contributed by atoms with Crippen molar-refractivity contribution in [2.24, 2.45) is 5.92 Å². The molecule has 1 unspecified atom stereocenters. The third kappa shape index (κ3) is 7.90. The molecular weight excluding hydrogens is 430 g/mol. The molecule has 2 aliphatic carbocycles. The van der Waals surface area contributed by atoms with Crippen LogP contribution in [0.2, 0.25) is 13.1 Å². The van der Waals surface area contributed by atoms with Gasteiger partial charge in [0.1, 0.15) is 0 Å². The second-order valence-corrected chi connectivity index (χ2v) is 9.20. The van der Waals surface area contributed by atoms with Crippen LogP contribution in [0, 0.1) is 12.0 Å². The molecule has 0 heterocycles. The first-order chi connectivity index (χ1) is 9.79. The van der Waals surface area contributed by atoms with Crippen LogP contribution >= 0.6 is 0 Å². The van der Waals surface area contributed by atoms with Gasteiger partial charge in [-0.05, 0) is 38.7 Å². The van der Waals surface area contributed by atoms with Crippen molar-refractivity contribution in [2.45, 2.75) is 73.9 Å². The molecule has 0 saturated carbocycles. The summed E-state index contributed by atoms with van der Waals surface area (Å²) >= 11 is 0. The molecule has 0 aromatic rings. The normalized spacial score (nSPS) is 19.0. The maximum absolute atomic E-state index is 3.28. The van der Waals surface area contributed by atoms with Crippen LogP contribution in [-0.2, 0) is 26.2 Å². The summed E-state index contributed by atoms with van der Waals surface area (Å²) in [5, 5.41) is 1.75. The molecule has 0 aliphatic heterocycles. The van der Waals surface area contributed by atoms with Crippen molar-refractivity contribution in [3.8, 4) is 0 Å². The first kappa shape index (κ1) is 29.4. The van der Waals surface area contributed by atoms with E-state index in [1.165, 1.54) is 18.4 Å². The Balaban J connectivity index is -0.000000336. The van der Waals surface area contributed by atoms with Crippen LogP contribution < -0.4 is 24.8 Å². The molecule has 134 valence electrons. The molecule has 0 saturated heterocycles. The standard InChI is InChI=1S/C11H19Si.C9H13.2ClH.Zr/c1-7-8(2)10(4)11(9(7)3)12(5)6;1-3-4-9-6-5-8(2)7-9;;;/h9H,1-6H3;7H,3-4,6H2,1-2H3;2*1H;/q;-1;;;+3/p-2. The predicted octanol–water partition coefficient (Wildman–Crippen LogP) is 0.454. The quantitative estimate of drug-likeness (QED) is 0.422. The second-order valence-electron chi connectivity index (χ2n) is 6.66. The zero-order valence-electron chi connectivity index (χ0n) is 16.5. The fourth-order valence-corrected chi connectivity index (χ4v) is 5.33. The molecule has 0 nitrogen and oxygen atoms in total. The first-order valence-electron chi connectivity index (χ1n) is 8.25. The van der Waals surface area contributed by atoms with Crippen molar-refractivity contribution in [1.29, 1.82) is 0 Å². The van der Waals surface area contributed by atoms with E-state index in [1.54, 1.807) is 27.5 Å². The maximum atomic E-state index is 3.28. The van der Waals surface area contributed by atoms with Gasteiger partial charge in [0.15, 0.2) is 0 Å². The van der Waals surface area contributed by atoms with Crippen molar-refractivity contribution in [1.82, 2.24) is 0 Å². The summed E-state index contributed by atoms with van der Waals surface area (Å²) in [4.78, 5) is 0. The van der Waals surface area contributed by atoms with Gasteiger partial charge in [0.2, 0.25) is 0 Å². The van der Waals surface area contributed by atoms with Gasteiger partial charge in [-0.3, -0.25) is 6.08 Å². The van der Waals surface area contributed by atoms with Crippen LogP contribution in [0.4, 0.5) is 0 Å². The third-order valence-electron chi connectivity index (χ3n) is 4.77. The van der Waals surface area contributed by atoms with Crippen molar-refractivity contribution < 1.29 is 51.0 Å². The number of rotatable bonds is 3. The van der Waals surface area contributed by atoms with Gasteiger partial charge in [-0.15, -0.1) is 6.42 Å². The Morgan fingerprint density at radius 2 is 1.62 bits per heavy atom. The molecule has 2 rings (SSSR count). The molecular formula is C20H32Cl2SiZr. The summed E-state index contributed by atoms with van der Waals surface area (Å²) in [6, 6.07) is 0. The summed E-state index contributed by atoms with van der Waals surface area (Å²) in [6.45, 7) is 18.3. The van der Waals surface area contributed by atoms with E-state index >= 15 is 0 Å². The van der Waals surface area contributed by atoms with Crippen LogP contribution in [0.15, 0.2) is 39.1 Å². The molecule has 0 fully saturated rings. The number of hydrogen-bond donors (Lipinski definition) is 0. The van der Waals surface area contributed by atoms with Gasteiger partial charge in [0.25, 0.3) is 0 Å². The van der Waals surface area contributed by atoms with Gasteiger partial charge in [-0.25, -0.2) is 11.6 Å². The minimum atomic E-state index is -0.237. The summed E-state index contributed by atoms with van der Waals surface area (Å²) < 4.78 is 0. The number of hydrogen-bond acceptors (Lipinski definition) is 0. The largest absolute Gasteiger partial charge is 3.00 e. The molecule has 0 aromatic heterocycles. The van der Waals surface area contributed by atoms with Crippen LogP contribution in [0.3, 0.4) is 0 Å². The molecule has 0 spiro atoms. The molecule has 0 amide bonds. The van der Waals surface area contributed by atoms with Gasteiger partial charge in [-0.1, -0.05) is 56.6 Å². The van der Waals surface area contributed by atoms with Gasteiger partial charge in [-0.2, -0.15) is 5.57 Å². The molecule has 1 atom stereocenters. The van der Waals surface area contributed by atoms with E-state index in [-0.39, 0.29) is 59.8 Å². The van der Waals surface area contributed by atoms with Gasteiger partial charge < -0.3 is 24.8 Å². The minimum Gasteiger partial charge on any atom is -1.00 e. The topological polar surface area (TPSA) is 0 Å². The first-order valence-corrected chi connectivity index (χ1v) is 10.7. The molecule has 0 bridgehead atoms. The molecule has 24 heavy (non-hydrogen) atoms. The maximum Gasteiger partial charge on any atom is 3.00 e. The molecule has 0 aromatic carbocycles. The van der Waals surface area contributed by atoms with E-state index in [9.17, 15) is 0 Å². The van der Waals surface area contributed by atoms with Crippen LogP contribution in [-0.4, -0.2) is 8.80 Å². The Bertz CT molecular complexity index is 514. The summed E-state index contributed by atoms with van der Waals surface area (Å²) in [5.41, 5.74) is 7.59. The SMILES string of the molecule is CC1=C(C)C(C)C([Si](C)C)=C1C.CCCC1=CC(C)=[C-]C1.[Cl-].[Cl-].[Zr+3]. The Hall–Kier alpha value is 0.640. The Morgan fingerprint density at radius 1 is 1.08 bits per heavy atom. The number of halogens is 2. The Morgan fingerprint density at radius 3 is 1.88 bits per heavy atom. The van der Waals surface area contributed by atoms with E-state index in [1.807, 2.05) is 0 Å². The Labute approximate surface area is 183 Å². The smallest absolute Gasteiger partial charge is 1.00 e. The number of allylic oxidation sites excluding steroid dienone is 8. The Kier molecular flexibility index (Phi) is 16.9. The van der Waals surface area contributed by atoms with E-state index in [0.29, 0.717) is 0 Å². The van der Waals surface area contributed by atoms with E-state index < -0.39 is 0 Å². The monoisotopic (exact) mass is 460 g/mol. The molecule has 0 N–H and O–H groups in total. The van der Waals surface area contributed by atoms with Gasteiger partial charge >= 0.3 is 26.2 Å². The summed E-state index contributed by atoms with van der Waals surface area (Å²) in [5.74, 6) is 0.730. The minimum absolute atomic E-state index is 0. The van der Waals surface area contributed by atoms with Gasteiger partial charge in [0, 0.05) is 0 Å². The third-order valence-corrected chi connectivity index (χ3v) is 6.65. The average Bonchev–Trinajstić information content (AvgIpc) is 2.90. The molecule has 2 radical (unpaired) electrons. The van der Waals surface area contributed by atoms with Gasteiger partial charge in [0.05, 0.1) is 8.80 Å². The van der Waals surface area contributed by atoms with Crippen molar-refractivity contribution in [2.75, 3.05) is 0 Å². The summed E-state index contributed by atoms with van der Waals surface area (Å²) in [6.07, 6.45) is 9.13. The predicted molar refractivity (Wildman–Crippen MR) is 97.8 cm³/mol. The fraction of sp³-hybridized carbons (Fsp3) is 0.600. The van der Waals surface area contributed by atoms with Crippen LogP contribution in [0.1, 0.15) is 60.8 Å². The molecule has 2 aliphatic rings. The zero-order valence-corrected chi connectivity index (χ0v) is 21.5. The van der Waals surface area contributed by atoms with Crippen LogP contribution in [0.5, 0.6) is 0 Å². The second kappa shape index (κ2) is 13.8. The van der Waals surface area contributed by atoms with Crippen molar-refractivity contribution in [3.63, 3.8) is 0 Å². The van der Waals surface area contributed by atoms with Crippen molar-refractivity contribution >= 4 is 8.80 Å². The summed E-state index contributed by atoms with van der Waals surface area (Å²) in [7, 11) is -0.237.